The molecule has 2 aliphatic heterocycles. The summed E-state index contributed by atoms with van der Waals surface area (Å²) in [7, 11) is 0. The van der Waals surface area contributed by atoms with Gasteiger partial charge in [0.2, 0.25) is 0 Å². The van der Waals surface area contributed by atoms with Crippen LogP contribution in [0, 0.1) is 12.8 Å². The van der Waals surface area contributed by atoms with Gasteiger partial charge in [0.15, 0.2) is 0 Å². The molecule has 5 nitrogen and oxygen atoms in total. The van der Waals surface area contributed by atoms with Gasteiger partial charge in [-0.15, -0.1) is 0 Å². The molecular weight excluding hydrogens is 290 g/mol. The van der Waals surface area contributed by atoms with Crippen LogP contribution in [0.1, 0.15) is 32.3 Å². The number of urea groups is 1. The average molecular weight is 315 g/mol. The first-order valence-electron chi connectivity index (χ1n) is 8.41. The third kappa shape index (κ3) is 3.11. The molecule has 1 aromatic carbocycles. The topological polar surface area (TPSA) is 43.9 Å². The highest BCUT2D eigenvalue weighted by Gasteiger charge is 2.43. The number of nitrogens with zero attached hydrogens (tertiary/aromatic N) is 3. The van der Waals surface area contributed by atoms with Crippen LogP contribution < -0.4 is 4.90 Å². The molecule has 0 spiro atoms. The Morgan fingerprint density at radius 3 is 2.48 bits per heavy atom. The predicted octanol–water partition coefficient (Wildman–Crippen LogP) is 2.84. The van der Waals surface area contributed by atoms with Gasteiger partial charge in [0.05, 0.1) is 6.67 Å². The lowest BCUT2D eigenvalue weighted by Gasteiger charge is -2.32. The number of aryl methyl sites for hydroxylation is 1. The number of rotatable bonds is 3. The third-order valence-corrected chi connectivity index (χ3v) is 4.84. The Labute approximate surface area is 137 Å². The third-order valence-electron chi connectivity index (χ3n) is 4.84. The lowest BCUT2D eigenvalue weighted by molar-refractivity contribution is -0.128. The van der Waals surface area contributed by atoms with E-state index in [9.17, 15) is 9.59 Å². The second-order valence-corrected chi connectivity index (χ2v) is 6.90. The maximum atomic E-state index is 12.8. The van der Waals surface area contributed by atoms with Gasteiger partial charge in [-0.3, -0.25) is 14.6 Å². The highest BCUT2D eigenvalue weighted by molar-refractivity contribution is 6.14. The highest BCUT2D eigenvalue weighted by Crippen LogP contribution is 2.27. The molecule has 2 aliphatic rings. The molecule has 3 amide bonds. The molecule has 2 fully saturated rings. The summed E-state index contributed by atoms with van der Waals surface area (Å²) < 4.78 is 0. The van der Waals surface area contributed by atoms with Crippen LogP contribution in [-0.2, 0) is 4.79 Å². The maximum Gasteiger partial charge on any atom is 0.333 e. The zero-order valence-electron chi connectivity index (χ0n) is 14.2. The summed E-state index contributed by atoms with van der Waals surface area (Å²) in [5.41, 5.74) is 1.93. The second kappa shape index (κ2) is 6.32. The Balaban J connectivity index is 1.76. The molecule has 2 atom stereocenters. The largest absolute Gasteiger partial charge is 0.333 e. The van der Waals surface area contributed by atoms with E-state index >= 15 is 0 Å². The maximum absolute atomic E-state index is 12.8. The minimum absolute atomic E-state index is 0.103. The highest BCUT2D eigenvalue weighted by atomic mass is 16.2. The van der Waals surface area contributed by atoms with E-state index in [0.717, 1.165) is 30.8 Å². The predicted molar refractivity (Wildman–Crippen MR) is 90.2 cm³/mol. The second-order valence-electron chi connectivity index (χ2n) is 6.90. The van der Waals surface area contributed by atoms with Gasteiger partial charge in [0.1, 0.15) is 6.04 Å². The average Bonchev–Trinajstić information content (AvgIpc) is 2.73. The fourth-order valence-corrected chi connectivity index (χ4v) is 3.51. The van der Waals surface area contributed by atoms with Gasteiger partial charge in [0.25, 0.3) is 5.91 Å². The molecule has 0 aromatic heterocycles. The number of benzene rings is 1. The van der Waals surface area contributed by atoms with Crippen molar-refractivity contribution >= 4 is 17.6 Å². The Morgan fingerprint density at radius 1 is 1.13 bits per heavy atom. The number of likely N-dealkylation sites (tertiary alicyclic amines) is 1. The first-order valence-corrected chi connectivity index (χ1v) is 8.41. The number of imide groups is 1. The van der Waals surface area contributed by atoms with Gasteiger partial charge in [0, 0.05) is 12.2 Å². The van der Waals surface area contributed by atoms with E-state index in [1.54, 1.807) is 11.8 Å². The standard InChI is InChI=1S/C18H25N3O2/c1-13-6-8-16(9-7-13)21-15(3)17(22)20(18(21)23)12-19-10-4-5-14(2)11-19/h6-9,14-15H,4-5,10-12H2,1-3H3/t14-,15-/m1/s1. The first-order chi connectivity index (χ1) is 11.0. The molecule has 124 valence electrons. The molecule has 0 aliphatic carbocycles. The van der Waals surface area contributed by atoms with Gasteiger partial charge in [-0.25, -0.2) is 9.69 Å². The van der Waals surface area contributed by atoms with Crippen molar-refractivity contribution in [3.05, 3.63) is 29.8 Å². The normalized spacial score (nSPS) is 26.2. The molecule has 2 saturated heterocycles. The van der Waals surface area contributed by atoms with Gasteiger partial charge >= 0.3 is 6.03 Å². The summed E-state index contributed by atoms with van der Waals surface area (Å²) in [5, 5.41) is 0. The summed E-state index contributed by atoms with van der Waals surface area (Å²) in [5.74, 6) is 0.524. The summed E-state index contributed by atoms with van der Waals surface area (Å²) in [4.78, 5) is 30.6. The number of amides is 3. The molecular formula is C18H25N3O2. The number of anilines is 1. The van der Waals surface area contributed by atoms with E-state index < -0.39 is 6.04 Å². The number of piperidine rings is 1. The molecule has 0 bridgehead atoms. The van der Waals surface area contributed by atoms with Crippen LogP contribution in [0.3, 0.4) is 0 Å². The van der Waals surface area contributed by atoms with Crippen molar-refractivity contribution in [3.63, 3.8) is 0 Å². The zero-order chi connectivity index (χ0) is 16.6. The quantitative estimate of drug-likeness (QED) is 0.806. The van der Waals surface area contributed by atoms with Gasteiger partial charge in [-0.1, -0.05) is 24.6 Å². The minimum Gasteiger partial charge on any atom is -0.285 e. The number of carbonyl (C=O) groups excluding carboxylic acids is 2. The summed E-state index contributed by atoms with van der Waals surface area (Å²) >= 11 is 0. The number of hydrogen-bond acceptors (Lipinski definition) is 3. The zero-order valence-corrected chi connectivity index (χ0v) is 14.2. The lowest BCUT2D eigenvalue weighted by atomic mass is 10.0. The molecule has 2 heterocycles. The smallest absolute Gasteiger partial charge is 0.285 e. The van der Waals surface area contributed by atoms with Crippen LogP contribution in [0.5, 0.6) is 0 Å². The van der Waals surface area contributed by atoms with E-state index in [4.69, 9.17) is 0 Å². The minimum atomic E-state index is -0.438. The van der Waals surface area contributed by atoms with Crippen LogP contribution >= 0.6 is 0 Å². The van der Waals surface area contributed by atoms with E-state index in [1.165, 1.54) is 11.3 Å². The van der Waals surface area contributed by atoms with E-state index in [0.29, 0.717) is 12.6 Å². The fourth-order valence-electron chi connectivity index (χ4n) is 3.51. The monoisotopic (exact) mass is 315 g/mol. The van der Waals surface area contributed by atoms with Crippen molar-refractivity contribution in [2.24, 2.45) is 5.92 Å². The Hall–Kier alpha value is -1.88. The van der Waals surface area contributed by atoms with Crippen molar-refractivity contribution in [1.29, 1.82) is 0 Å². The van der Waals surface area contributed by atoms with Crippen molar-refractivity contribution < 1.29 is 9.59 Å². The van der Waals surface area contributed by atoms with Crippen molar-refractivity contribution in [1.82, 2.24) is 9.80 Å². The van der Waals surface area contributed by atoms with Gasteiger partial charge < -0.3 is 0 Å². The van der Waals surface area contributed by atoms with E-state index in [1.807, 2.05) is 31.2 Å². The molecule has 23 heavy (non-hydrogen) atoms. The lowest BCUT2D eigenvalue weighted by Crippen LogP contribution is -2.45. The van der Waals surface area contributed by atoms with Crippen molar-refractivity contribution in [2.75, 3.05) is 24.7 Å². The number of hydrogen-bond donors (Lipinski definition) is 0. The van der Waals surface area contributed by atoms with Crippen LogP contribution in [-0.4, -0.2) is 47.5 Å². The van der Waals surface area contributed by atoms with E-state index in [2.05, 4.69) is 11.8 Å². The van der Waals surface area contributed by atoms with Crippen molar-refractivity contribution in [2.45, 2.75) is 39.7 Å². The summed E-state index contributed by atoms with van der Waals surface area (Å²) in [6.45, 7) is 8.36. The summed E-state index contributed by atoms with van der Waals surface area (Å²) in [6, 6.07) is 7.10. The molecule has 0 radical (unpaired) electrons. The first kappa shape index (κ1) is 16.0. The SMILES string of the molecule is Cc1ccc(N2C(=O)N(CN3CCC[C@@H](C)C3)C(=O)[C@H]2C)cc1. The molecule has 3 rings (SSSR count). The fraction of sp³-hybridized carbons (Fsp3) is 0.556. The van der Waals surface area contributed by atoms with Crippen LogP contribution in [0.25, 0.3) is 0 Å². The molecule has 0 N–H and O–H groups in total. The molecule has 0 saturated carbocycles. The van der Waals surface area contributed by atoms with Crippen molar-refractivity contribution in [3.8, 4) is 0 Å². The van der Waals surface area contributed by atoms with E-state index in [-0.39, 0.29) is 11.9 Å². The van der Waals surface area contributed by atoms with Gasteiger partial charge in [-0.05, 0) is 51.3 Å². The Bertz CT molecular complexity index is 599. The summed E-state index contributed by atoms with van der Waals surface area (Å²) in [6.07, 6.45) is 2.36. The van der Waals surface area contributed by atoms with Gasteiger partial charge in [-0.2, -0.15) is 0 Å². The molecule has 5 heteroatoms. The van der Waals surface area contributed by atoms with Crippen LogP contribution in [0.2, 0.25) is 0 Å². The molecule has 0 unspecified atom stereocenters. The van der Waals surface area contributed by atoms with Crippen LogP contribution in [0.15, 0.2) is 24.3 Å². The molecule has 1 aromatic rings. The van der Waals surface area contributed by atoms with Crippen LogP contribution in [0.4, 0.5) is 10.5 Å². The Kier molecular flexibility index (Phi) is 4.39. The Morgan fingerprint density at radius 2 is 1.83 bits per heavy atom. The number of carbonyl (C=O) groups is 2.